The largest absolute Gasteiger partial charge is 0.309 e. The van der Waals surface area contributed by atoms with Gasteiger partial charge in [0, 0.05) is 61.6 Å². The van der Waals surface area contributed by atoms with E-state index in [2.05, 4.69) is 112 Å². The van der Waals surface area contributed by atoms with Gasteiger partial charge in [-0.05, 0) is 72.3 Å². The number of non-ortho nitro benzene ring substituents is 1. The van der Waals surface area contributed by atoms with Gasteiger partial charge in [-0.15, -0.1) is 0 Å². The normalized spacial score (nSPS) is 11.5. The van der Waals surface area contributed by atoms with Crippen molar-refractivity contribution in [2.24, 2.45) is 0 Å². The van der Waals surface area contributed by atoms with Gasteiger partial charge in [0.1, 0.15) is 0 Å². The number of benzene rings is 8. The van der Waals surface area contributed by atoms with Crippen LogP contribution in [0.15, 0.2) is 194 Å². The van der Waals surface area contributed by atoms with Crippen molar-refractivity contribution in [1.82, 2.24) is 24.1 Å². The number of hydrogen-bond donors (Lipinski definition) is 0. The maximum absolute atomic E-state index is 11.8. The average Bonchev–Trinajstić information content (AvgIpc) is 3.80. The van der Waals surface area contributed by atoms with E-state index in [1.807, 2.05) is 78.9 Å². The van der Waals surface area contributed by atoms with Crippen LogP contribution in [0.2, 0.25) is 0 Å². The highest BCUT2D eigenvalue weighted by Crippen LogP contribution is 2.42. The number of fused-ring (bicyclic) bond motifs is 6. The van der Waals surface area contributed by atoms with Crippen molar-refractivity contribution in [1.29, 1.82) is 0 Å². The molecule has 8 heteroatoms. The third-order valence-corrected chi connectivity index (χ3v) is 11.1. The minimum absolute atomic E-state index is 0.0259. The van der Waals surface area contributed by atoms with E-state index in [9.17, 15) is 10.1 Å². The molecule has 0 bridgehead atoms. The fraction of sp³-hybridized carbons (Fsp3) is 0. The minimum atomic E-state index is -0.369. The number of nitro groups is 1. The molecular formula is C51H32N6O2. The molecule has 0 amide bonds. The molecule has 3 heterocycles. The molecule has 3 aromatic heterocycles. The summed E-state index contributed by atoms with van der Waals surface area (Å²) in [6.07, 6.45) is 0. The number of para-hydroxylation sites is 3. The Labute approximate surface area is 338 Å². The van der Waals surface area contributed by atoms with E-state index in [4.69, 9.17) is 15.0 Å². The third kappa shape index (κ3) is 5.73. The first-order valence-corrected chi connectivity index (χ1v) is 19.4. The molecule has 11 aromatic rings. The van der Waals surface area contributed by atoms with Gasteiger partial charge in [0.05, 0.1) is 32.7 Å². The molecule has 0 atom stereocenters. The highest BCUT2D eigenvalue weighted by Gasteiger charge is 2.22. The summed E-state index contributed by atoms with van der Waals surface area (Å²) in [5.74, 6) is 1.65. The van der Waals surface area contributed by atoms with Crippen molar-refractivity contribution in [2.45, 2.75) is 0 Å². The second-order valence-corrected chi connectivity index (χ2v) is 14.5. The Hall–Kier alpha value is -8.23. The van der Waals surface area contributed by atoms with Crippen molar-refractivity contribution in [3.05, 3.63) is 204 Å². The van der Waals surface area contributed by atoms with Crippen LogP contribution >= 0.6 is 0 Å². The lowest BCUT2D eigenvalue weighted by atomic mass is 9.99. The van der Waals surface area contributed by atoms with Crippen LogP contribution in [-0.2, 0) is 0 Å². The average molecular weight is 761 g/mol. The summed E-state index contributed by atoms with van der Waals surface area (Å²) in [6, 6.07) is 65.0. The van der Waals surface area contributed by atoms with Crippen molar-refractivity contribution < 1.29 is 4.92 Å². The summed E-state index contributed by atoms with van der Waals surface area (Å²) in [4.78, 5) is 26.4. The van der Waals surface area contributed by atoms with Crippen LogP contribution in [0.4, 0.5) is 5.69 Å². The minimum Gasteiger partial charge on any atom is -0.309 e. The predicted molar refractivity (Wildman–Crippen MR) is 237 cm³/mol. The first-order chi connectivity index (χ1) is 29.1. The molecule has 0 saturated carbocycles. The van der Waals surface area contributed by atoms with Crippen molar-refractivity contribution in [3.63, 3.8) is 0 Å². The molecule has 0 fully saturated rings. The van der Waals surface area contributed by atoms with Crippen molar-refractivity contribution >= 4 is 49.3 Å². The lowest BCUT2D eigenvalue weighted by Gasteiger charge is -2.16. The Morgan fingerprint density at radius 2 is 0.847 bits per heavy atom. The van der Waals surface area contributed by atoms with E-state index < -0.39 is 0 Å². The van der Waals surface area contributed by atoms with Gasteiger partial charge in [-0.25, -0.2) is 15.0 Å². The Bertz CT molecular complexity index is 3340. The van der Waals surface area contributed by atoms with Crippen molar-refractivity contribution in [3.8, 4) is 56.7 Å². The smallest absolute Gasteiger partial charge is 0.269 e. The molecule has 0 aliphatic rings. The SMILES string of the molecule is O=[N+]([O-])c1ccc(-c2cc(-c3nc(-c4ccccc4)nc(-c4ccccc4)n3)ccc2-n2c3ccccc3c3cc4c(cc32)c2ccccc2n4-c2ccccc2)cc1. The fourth-order valence-corrected chi connectivity index (χ4v) is 8.35. The summed E-state index contributed by atoms with van der Waals surface area (Å²) in [5.41, 5.74) is 10.6. The molecular weight excluding hydrogens is 729 g/mol. The molecule has 0 N–H and O–H groups in total. The number of nitro benzene ring substituents is 1. The molecule has 0 saturated heterocycles. The lowest BCUT2D eigenvalue weighted by Crippen LogP contribution is -2.02. The molecule has 0 aliphatic carbocycles. The van der Waals surface area contributed by atoms with E-state index in [0.29, 0.717) is 17.5 Å². The zero-order chi connectivity index (χ0) is 39.5. The first kappa shape index (κ1) is 34.1. The summed E-state index contributed by atoms with van der Waals surface area (Å²) in [5, 5.41) is 16.3. The second kappa shape index (κ2) is 13.8. The van der Waals surface area contributed by atoms with E-state index in [1.54, 1.807) is 12.1 Å². The van der Waals surface area contributed by atoms with Gasteiger partial charge in [0.15, 0.2) is 17.5 Å². The molecule has 59 heavy (non-hydrogen) atoms. The Morgan fingerprint density at radius 3 is 1.41 bits per heavy atom. The highest BCUT2D eigenvalue weighted by molar-refractivity contribution is 6.19. The van der Waals surface area contributed by atoms with Gasteiger partial charge in [0.2, 0.25) is 0 Å². The van der Waals surface area contributed by atoms with E-state index in [1.165, 1.54) is 0 Å². The Balaban J connectivity index is 1.19. The topological polar surface area (TPSA) is 91.7 Å². The third-order valence-electron chi connectivity index (χ3n) is 11.1. The number of rotatable bonds is 7. The second-order valence-electron chi connectivity index (χ2n) is 14.5. The van der Waals surface area contributed by atoms with E-state index in [-0.39, 0.29) is 10.6 Å². The lowest BCUT2D eigenvalue weighted by molar-refractivity contribution is -0.384. The van der Waals surface area contributed by atoms with Gasteiger partial charge in [-0.1, -0.05) is 115 Å². The highest BCUT2D eigenvalue weighted by atomic mass is 16.6. The number of aromatic nitrogens is 5. The van der Waals surface area contributed by atoms with Crippen LogP contribution in [-0.4, -0.2) is 29.0 Å². The van der Waals surface area contributed by atoms with Crippen LogP contribution in [0.25, 0.3) is 100 Å². The standard InChI is InChI=1S/C51H32N6O2/c58-57(59)38-27-24-33(25-28-38)41-30-36(51-53-49(34-14-4-1-5-15-34)52-50(54-51)35-16-6-2-7-17-35)26-29-46(41)56-45-23-13-11-21-40(45)43-31-47-42(32-48(43)56)39-20-10-12-22-44(39)55(47)37-18-8-3-9-19-37/h1-32H. The summed E-state index contributed by atoms with van der Waals surface area (Å²) < 4.78 is 4.66. The molecule has 278 valence electrons. The number of hydrogen-bond acceptors (Lipinski definition) is 5. The van der Waals surface area contributed by atoms with Crippen LogP contribution < -0.4 is 0 Å². The molecule has 8 aromatic carbocycles. The predicted octanol–water partition coefficient (Wildman–Crippen LogP) is 12.6. The molecule has 8 nitrogen and oxygen atoms in total. The summed E-state index contributed by atoms with van der Waals surface area (Å²) in [6.45, 7) is 0. The van der Waals surface area contributed by atoms with Gasteiger partial charge in [-0.2, -0.15) is 0 Å². The monoisotopic (exact) mass is 760 g/mol. The molecule has 0 unspecified atom stereocenters. The van der Waals surface area contributed by atoms with Gasteiger partial charge in [-0.3, -0.25) is 10.1 Å². The Kier molecular flexibility index (Phi) is 7.94. The van der Waals surface area contributed by atoms with Crippen LogP contribution in [0.5, 0.6) is 0 Å². The van der Waals surface area contributed by atoms with Gasteiger partial charge in [0.25, 0.3) is 5.69 Å². The quantitative estimate of drug-likeness (QED) is 0.119. The molecule has 0 aliphatic heterocycles. The van der Waals surface area contributed by atoms with E-state index in [0.717, 1.165) is 82.8 Å². The maximum Gasteiger partial charge on any atom is 0.269 e. The van der Waals surface area contributed by atoms with Gasteiger partial charge >= 0.3 is 0 Å². The van der Waals surface area contributed by atoms with Gasteiger partial charge < -0.3 is 9.13 Å². The van der Waals surface area contributed by atoms with Crippen LogP contribution in [0.3, 0.4) is 0 Å². The van der Waals surface area contributed by atoms with Crippen molar-refractivity contribution in [2.75, 3.05) is 0 Å². The maximum atomic E-state index is 11.8. The first-order valence-electron chi connectivity index (χ1n) is 19.4. The molecule has 0 spiro atoms. The Morgan fingerprint density at radius 1 is 0.390 bits per heavy atom. The fourth-order valence-electron chi connectivity index (χ4n) is 8.35. The number of nitrogens with zero attached hydrogens (tertiary/aromatic N) is 6. The van der Waals surface area contributed by atoms with E-state index >= 15 is 0 Å². The molecule has 11 rings (SSSR count). The van der Waals surface area contributed by atoms with Crippen LogP contribution in [0, 0.1) is 10.1 Å². The summed E-state index contributed by atoms with van der Waals surface area (Å²) >= 11 is 0. The van der Waals surface area contributed by atoms with Crippen LogP contribution in [0.1, 0.15) is 0 Å². The zero-order valence-corrected chi connectivity index (χ0v) is 31.5. The molecule has 0 radical (unpaired) electrons. The zero-order valence-electron chi connectivity index (χ0n) is 31.5. The summed E-state index contributed by atoms with van der Waals surface area (Å²) in [7, 11) is 0.